The van der Waals surface area contributed by atoms with Crippen molar-refractivity contribution in [3.05, 3.63) is 34.6 Å². The predicted molar refractivity (Wildman–Crippen MR) is 84.9 cm³/mol. The maximum Gasteiger partial charge on any atom is 0.311 e. The van der Waals surface area contributed by atoms with Crippen LogP contribution in [0.25, 0.3) is 16.9 Å². The molecule has 0 saturated heterocycles. The van der Waals surface area contributed by atoms with Crippen molar-refractivity contribution in [1.82, 2.24) is 29.9 Å². The van der Waals surface area contributed by atoms with Crippen LogP contribution in [0.5, 0.6) is 0 Å². The van der Waals surface area contributed by atoms with E-state index in [0.717, 1.165) is 10.2 Å². The van der Waals surface area contributed by atoms with Crippen LogP contribution in [-0.4, -0.2) is 41.0 Å². The summed E-state index contributed by atoms with van der Waals surface area (Å²) in [5, 5.41) is 27.5. The third-order valence-corrected chi connectivity index (χ3v) is 3.77. The minimum Gasteiger partial charge on any atom is -0.481 e. The number of fused-ring (bicyclic) bond motifs is 3. The molecular formula is C13H8BrN7O3. The fourth-order valence-electron chi connectivity index (χ4n) is 2.24. The van der Waals surface area contributed by atoms with Crippen LogP contribution in [0.15, 0.2) is 33.4 Å². The van der Waals surface area contributed by atoms with Crippen molar-refractivity contribution in [3.63, 3.8) is 0 Å². The van der Waals surface area contributed by atoms with Crippen LogP contribution in [0.3, 0.4) is 0 Å². The van der Waals surface area contributed by atoms with Crippen LogP contribution in [-0.2, 0) is 11.2 Å². The minimum atomic E-state index is -1.03. The van der Waals surface area contributed by atoms with Gasteiger partial charge < -0.3 is 10.4 Å². The molecule has 0 radical (unpaired) electrons. The molecule has 4 rings (SSSR count). The van der Waals surface area contributed by atoms with Gasteiger partial charge in [0.1, 0.15) is 6.42 Å². The third kappa shape index (κ3) is 2.44. The molecule has 3 heterocycles. The van der Waals surface area contributed by atoms with Crippen molar-refractivity contribution < 1.29 is 14.5 Å². The first-order chi connectivity index (χ1) is 11.6. The summed E-state index contributed by atoms with van der Waals surface area (Å²) < 4.78 is 7.11. The van der Waals surface area contributed by atoms with Gasteiger partial charge in [-0.3, -0.25) is 9.20 Å². The summed E-state index contributed by atoms with van der Waals surface area (Å²) >= 11 is 3.37. The summed E-state index contributed by atoms with van der Waals surface area (Å²) in [5.41, 5.74) is 1.57. The van der Waals surface area contributed by atoms with Crippen LogP contribution in [0, 0.1) is 0 Å². The Hall–Kier alpha value is -3.08. The first-order valence-electron chi connectivity index (χ1n) is 6.72. The Labute approximate surface area is 141 Å². The van der Waals surface area contributed by atoms with E-state index in [4.69, 9.17) is 9.74 Å². The van der Waals surface area contributed by atoms with Gasteiger partial charge in [-0.05, 0) is 34.6 Å². The highest BCUT2D eigenvalue weighted by molar-refractivity contribution is 9.10. The lowest BCUT2D eigenvalue weighted by atomic mass is 10.3. The van der Waals surface area contributed by atoms with E-state index < -0.39 is 5.97 Å². The second-order valence-electron chi connectivity index (χ2n) is 4.85. The summed E-state index contributed by atoms with van der Waals surface area (Å²) in [5.74, 6) is -0.461. The molecule has 1 aromatic carbocycles. The largest absolute Gasteiger partial charge is 0.481 e. The number of halogens is 1. The van der Waals surface area contributed by atoms with Crippen molar-refractivity contribution in [2.45, 2.75) is 6.42 Å². The zero-order valence-electron chi connectivity index (χ0n) is 11.8. The number of carbonyl (C=O) groups is 1. The summed E-state index contributed by atoms with van der Waals surface area (Å²) in [6.07, 6.45) is -0.315. The molecule has 0 spiro atoms. The van der Waals surface area contributed by atoms with E-state index in [2.05, 4.69) is 46.7 Å². The van der Waals surface area contributed by atoms with Crippen LogP contribution < -0.4 is 5.32 Å². The van der Waals surface area contributed by atoms with Gasteiger partial charge in [0, 0.05) is 10.2 Å². The maximum atomic E-state index is 11.0. The second-order valence-corrected chi connectivity index (χ2v) is 5.77. The van der Waals surface area contributed by atoms with Crippen LogP contribution in [0.1, 0.15) is 5.82 Å². The molecule has 3 aromatic heterocycles. The molecule has 0 unspecified atom stereocenters. The fraction of sp³-hybridized carbons (Fsp3) is 0.0769. The van der Waals surface area contributed by atoms with Crippen LogP contribution in [0.2, 0.25) is 0 Å². The Kier molecular flexibility index (Phi) is 3.34. The quantitative estimate of drug-likeness (QED) is 0.535. The molecule has 0 bridgehead atoms. The number of anilines is 2. The van der Waals surface area contributed by atoms with Crippen molar-refractivity contribution >= 4 is 50.3 Å². The molecule has 24 heavy (non-hydrogen) atoms. The van der Waals surface area contributed by atoms with E-state index in [-0.39, 0.29) is 23.5 Å². The molecule has 120 valence electrons. The second kappa shape index (κ2) is 5.53. The van der Waals surface area contributed by atoms with Gasteiger partial charge in [0.25, 0.3) is 0 Å². The van der Waals surface area contributed by atoms with Crippen molar-refractivity contribution in [2.75, 3.05) is 5.32 Å². The smallest absolute Gasteiger partial charge is 0.311 e. The van der Waals surface area contributed by atoms with Crippen LogP contribution >= 0.6 is 15.9 Å². The lowest BCUT2D eigenvalue weighted by Gasteiger charge is -2.06. The number of nitrogens with zero attached hydrogens (tertiary/aromatic N) is 6. The lowest BCUT2D eigenvalue weighted by molar-refractivity contribution is -0.136. The summed E-state index contributed by atoms with van der Waals surface area (Å²) in [7, 11) is 0. The highest BCUT2D eigenvalue weighted by atomic mass is 79.9. The number of hydrogen-bond acceptors (Lipinski definition) is 8. The molecule has 0 aliphatic heterocycles. The summed E-state index contributed by atoms with van der Waals surface area (Å²) in [6.45, 7) is 0. The normalized spacial score (nSPS) is 11.2. The van der Waals surface area contributed by atoms with Gasteiger partial charge in [0.15, 0.2) is 11.6 Å². The van der Waals surface area contributed by atoms with E-state index >= 15 is 0 Å². The maximum absolute atomic E-state index is 11.0. The third-order valence-electron chi connectivity index (χ3n) is 3.24. The van der Waals surface area contributed by atoms with Gasteiger partial charge in [-0.1, -0.05) is 15.9 Å². The molecule has 0 saturated carbocycles. The number of aromatic nitrogens is 6. The topological polar surface area (TPSA) is 131 Å². The van der Waals surface area contributed by atoms with Gasteiger partial charge in [0.05, 0.1) is 0 Å². The first kappa shape index (κ1) is 14.5. The van der Waals surface area contributed by atoms with Gasteiger partial charge in [-0.25, -0.2) is 9.61 Å². The van der Waals surface area contributed by atoms with Crippen molar-refractivity contribution in [1.29, 1.82) is 0 Å². The Morgan fingerprint density at radius 2 is 2.00 bits per heavy atom. The zero-order chi connectivity index (χ0) is 16.7. The Balaban J connectivity index is 1.89. The van der Waals surface area contributed by atoms with Gasteiger partial charge >= 0.3 is 5.97 Å². The van der Waals surface area contributed by atoms with Gasteiger partial charge in [-0.15, -0.1) is 10.2 Å². The molecule has 0 aliphatic rings. The Bertz CT molecular complexity index is 1060. The van der Waals surface area contributed by atoms with Gasteiger partial charge in [-0.2, -0.15) is 0 Å². The lowest BCUT2D eigenvalue weighted by Crippen LogP contribution is -2.07. The predicted octanol–water partition coefficient (Wildman–Crippen LogP) is 1.79. The Morgan fingerprint density at radius 3 is 2.75 bits per heavy atom. The molecule has 2 N–H and O–H groups in total. The Morgan fingerprint density at radius 1 is 1.21 bits per heavy atom. The molecule has 0 amide bonds. The number of carboxylic acid groups (broad SMARTS) is 1. The average Bonchev–Trinajstić information content (AvgIpc) is 3.16. The standard InChI is InChI=1S/C13H8BrN7O3/c14-6-1-3-7(4-2-6)15-10-12-18-17-8(5-9(22)23)21(12)13-11(16-10)19-24-20-13/h1-4H,5H2,(H,22,23)(H,15,16,19). The summed E-state index contributed by atoms with van der Waals surface area (Å²) in [6, 6.07) is 7.44. The van der Waals surface area contributed by atoms with E-state index in [1.807, 2.05) is 24.3 Å². The fourth-order valence-corrected chi connectivity index (χ4v) is 2.51. The molecule has 11 heteroatoms. The molecule has 10 nitrogen and oxygen atoms in total. The first-order valence-corrected chi connectivity index (χ1v) is 7.52. The van der Waals surface area contributed by atoms with Crippen molar-refractivity contribution in [2.24, 2.45) is 0 Å². The molecule has 0 fully saturated rings. The van der Waals surface area contributed by atoms with Crippen molar-refractivity contribution in [3.8, 4) is 0 Å². The molecule has 0 atom stereocenters. The van der Waals surface area contributed by atoms with Crippen LogP contribution in [0.4, 0.5) is 11.5 Å². The highest BCUT2D eigenvalue weighted by Crippen LogP contribution is 2.24. The molecule has 0 aliphatic carbocycles. The number of carboxylic acids is 1. The molecular weight excluding hydrogens is 382 g/mol. The number of benzene rings is 1. The monoisotopic (exact) mass is 389 g/mol. The SMILES string of the molecule is O=C(O)Cc1nnc2c(Nc3ccc(Br)cc3)nc3nonc3n12. The average molecular weight is 390 g/mol. The van der Waals surface area contributed by atoms with E-state index in [0.29, 0.717) is 11.5 Å². The molecule has 4 aromatic rings. The number of rotatable bonds is 4. The zero-order valence-corrected chi connectivity index (χ0v) is 13.4. The minimum absolute atomic E-state index is 0.208. The van der Waals surface area contributed by atoms with E-state index in [1.165, 1.54) is 4.40 Å². The van der Waals surface area contributed by atoms with Gasteiger partial charge in [0.2, 0.25) is 16.9 Å². The summed E-state index contributed by atoms with van der Waals surface area (Å²) in [4.78, 5) is 15.3. The number of hydrogen-bond donors (Lipinski definition) is 2. The van der Waals surface area contributed by atoms with E-state index in [1.54, 1.807) is 0 Å². The number of nitrogens with one attached hydrogen (secondary N) is 1. The number of aliphatic carboxylic acids is 1. The van der Waals surface area contributed by atoms with E-state index in [9.17, 15) is 4.79 Å². The highest BCUT2D eigenvalue weighted by Gasteiger charge is 2.20.